The van der Waals surface area contributed by atoms with Gasteiger partial charge in [-0.1, -0.05) is 98.8 Å². The van der Waals surface area contributed by atoms with E-state index in [1.54, 1.807) is 0 Å². The van der Waals surface area contributed by atoms with Crippen LogP contribution in [0.5, 0.6) is 0 Å². The molecule has 0 aromatic rings. The minimum atomic E-state index is -0.0287. The maximum absolute atomic E-state index is 11.9. The monoisotopic (exact) mass is 454 g/mol. The van der Waals surface area contributed by atoms with Crippen molar-refractivity contribution in [3.05, 3.63) is 0 Å². The van der Waals surface area contributed by atoms with Crippen LogP contribution in [0.4, 0.5) is 0 Å². The van der Waals surface area contributed by atoms with Crippen LogP contribution in [-0.2, 0) is 19.1 Å². The quantitative estimate of drug-likeness (QED) is 0.122. The van der Waals surface area contributed by atoms with Crippen LogP contribution in [0.15, 0.2) is 0 Å². The second-order valence-corrected chi connectivity index (χ2v) is 10.4. The maximum atomic E-state index is 11.9. The highest BCUT2D eigenvalue weighted by Crippen LogP contribution is 2.19. The maximum Gasteiger partial charge on any atom is 0.306 e. The Morgan fingerprint density at radius 3 is 1.50 bits per heavy atom. The Balaban J connectivity index is 3.45. The van der Waals surface area contributed by atoms with Crippen LogP contribution in [0.2, 0.25) is 0 Å². The van der Waals surface area contributed by atoms with Crippen LogP contribution in [0.1, 0.15) is 137 Å². The molecule has 0 fully saturated rings. The summed E-state index contributed by atoms with van der Waals surface area (Å²) in [5, 5.41) is 0. The topological polar surface area (TPSA) is 52.6 Å². The molecule has 0 saturated carbocycles. The molecule has 0 aliphatic carbocycles. The molecular formula is C28H54O4. The van der Waals surface area contributed by atoms with Gasteiger partial charge in [-0.2, -0.15) is 0 Å². The Morgan fingerprint density at radius 1 is 0.594 bits per heavy atom. The van der Waals surface area contributed by atoms with E-state index in [0.29, 0.717) is 43.8 Å². The molecular weight excluding hydrogens is 400 g/mol. The molecule has 32 heavy (non-hydrogen) atoms. The van der Waals surface area contributed by atoms with Gasteiger partial charge in [0.1, 0.15) is 0 Å². The molecule has 1 atom stereocenters. The third kappa shape index (κ3) is 22.1. The number of carbonyl (C=O) groups is 2. The summed E-state index contributed by atoms with van der Waals surface area (Å²) in [6, 6.07) is 0. The Hall–Kier alpha value is -1.06. The largest absolute Gasteiger partial charge is 0.466 e. The van der Waals surface area contributed by atoms with E-state index in [2.05, 4.69) is 34.6 Å². The second-order valence-electron chi connectivity index (χ2n) is 10.4. The van der Waals surface area contributed by atoms with E-state index in [9.17, 15) is 9.59 Å². The van der Waals surface area contributed by atoms with Gasteiger partial charge in [0.15, 0.2) is 0 Å². The molecule has 0 aromatic heterocycles. The molecule has 4 heteroatoms. The summed E-state index contributed by atoms with van der Waals surface area (Å²) in [5.74, 6) is 1.61. The molecule has 0 amide bonds. The van der Waals surface area contributed by atoms with E-state index in [-0.39, 0.29) is 11.9 Å². The molecule has 0 saturated heterocycles. The lowest BCUT2D eigenvalue weighted by Gasteiger charge is -2.14. The second kappa shape index (κ2) is 21.8. The van der Waals surface area contributed by atoms with Crippen molar-refractivity contribution in [1.82, 2.24) is 0 Å². The molecule has 0 aromatic carbocycles. The first kappa shape index (κ1) is 30.9. The van der Waals surface area contributed by atoms with Crippen molar-refractivity contribution in [2.75, 3.05) is 13.2 Å². The van der Waals surface area contributed by atoms with Crippen LogP contribution < -0.4 is 0 Å². The highest BCUT2D eigenvalue weighted by Gasteiger charge is 2.13. The summed E-state index contributed by atoms with van der Waals surface area (Å²) in [7, 11) is 0. The summed E-state index contributed by atoms with van der Waals surface area (Å²) in [6.45, 7) is 11.9. The SMILES string of the molecule is CCC(CCCCCCCCCCCCC(=O)OCCC(C)C)CC(=O)OCCC(C)C. The zero-order chi connectivity index (χ0) is 24.0. The molecule has 0 aliphatic rings. The molecule has 4 nitrogen and oxygen atoms in total. The Labute approximate surface area is 199 Å². The zero-order valence-corrected chi connectivity index (χ0v) is 22.1. The van der Waals surface area contributed by atoms with Crippen molar-refractivity contribution in [1.29, 1.82) is 0 Å². The fourth-order valence-electron chi connectivity index (χ4n) is 3.75. The van der Waals surface area contributed by atoms with Gasteiger partial charge in [0.05, 0.1) is 13.2 Å². The minimum Gasteiger partial charge on any atom is -0.466 e. The average Bonchev–Trinajstić information content (AvgIpc) is 2.73. The smallest absolute Gasteiger partial charge is 0.306 e. The first-order valence-corrected chi connectivity index (χ1v) is 13.7. The van der Waals surface area contributed by atoms with Crippen molar-refractivity contribution in [3.8, 4) is 0 Å². The molecule has 0 N–H and O–H groups in total. The molecule has 0 bridgehead atoms. The summed E-state index contributed by atoms with van der Waals surface area (Å²) in [4.78, 5) is 23.6. The summed E-state index contributed by atoms with van der Waals surface area (Å²) < 4.78 is 10.6. The number of rotatable bonds is 22. The van der Waals surface area contributed by atoms with E-state index in [1.165, 1.54) is 51.4 Å². The highest BCUT2D eigenvalue weighted by molar-refractivity contribution is 5.69. The Morgan fingerprint density at radius 2 is 1.03 bits per heavy atom. The normalized spacial score (nSPS) is 12.3. The van der Waals surface area contributed by atoms with Gasteiger partial charge in [0, 0.05) is 12.8 Å². The third-order valence-electron chi connectivity index (χ3n) is 6.19. The van der Waals surface area contributed by atoms with E-state index in [4.69, 9.17) is 9.47 Å². The fourth-order valence-corrected chi connectivity index (χ4v) is 3.75. The van der Waals surface area contributed by atoms with Crippen LogP contribution in [0, 0.1) is 17.8 Å². The summed E-state index contributed by atoms with van der Waals surface area (Å²) in [5.41, 5.74) is 0. The Bertz CT molecular complexity index is 445. The first-order chi connectivity index (χ1) is 15.3. The average molecular weight is 455 g/mol. The zero-order valence-electron chi connectivity index (χ0n) is 22.1. The van der Waals surface area contributed by atoms with Gasteiger partial charge in [-0.3, -0.25) is 9.59 Å². The number of hydrogen-bond acceptors (Lipinski definition) is 4. The lowest BCUT2D eigenvalue weighted by atomic mass is 9.95. The number of unbranched alkanes of at least 4 members (excludes halogenated alkanes) is 9. The van der Waals surface area contributed by atoms with Gasteiger partial charge >= 0.3 is 11.9 Å². The van der Waals surface area contributed by atoms with E-state index in [1.807, 2.05) is 0 Å². The van der Waals surface area contributed by atoms with Crippen molar-refractivity contribution >= 4 is 11.9 Å². The first-order valence-electron chi connectivity index (χ1n) is 13.7. The highest BCUT2D eigenvalue weighted by atomic mass is 16.5. The third-order valence-corrected chi connectivity index (χ3v) is 6.19. The molecule has 1 unspecified atom stereocenters. The van der Waals surface area contributed by atoms with Gasteiger partial charge < -0.3 is 9.47 Å². The molecule has 0 heterocycles. The van der Waals surface area contributed by atoms with Gasteiger partial charge in [-0.05, 0) is 43.4 Å². The lowest BCUT2D eigenvalue weighted by Crippen LogP contribution is -2.13. The summed E-state index contributed by atoms with van der Waals surface area (Å²) in [6.07, 6.45) is 17.6. The number of carbonyl (C=O) groups excluding carboxylic acids is 2. The van der Waals surface area contributed by atoms with Crippen LogP contribution in [0.25, 0.3) is 0 Å². The number of hydrogen-bond donors (Lipinski definition) is 0. The van der Waals surface area contributed by atoms with Crippen LogP contribution in [-0.4, -0.2) is 25.2 Å². The molecule has 190 valence electrons. The fraction of sp³-hybridized carbons (Fsp3) is 0.929. The van der Waals surface area contributed by atoms with Gasteiger partial charge in [-0.25, -0.2) is 0 Å². The standard InChI is InChI=1S/C28H54O4/c1-6-26(23-28(30)32-22-20-25(4)5)17-15-13-11-9-7-8-10-12-14-16-18-27(29)31-21-19-24(2)3/h24-26H,6-23H2,1-5H3. The summed E-state index contributed by atoms with van der Waals surface area (Å²) >= 11 is 0. The molecule has 0 aliphatic heterocycles. The van der Waals surface area contributed by atoms with Crippen molar-refractivity contribution in [2.45, 2.75) is 137 Å². The number of esters is 2. The Kier molecular flexibility index (Phi) is 21.0. The van der Waals surface area contributed by atoms with Gasteiger partial charge in [0.2, 0.25) is 0 Å². The predicted octanol–water partition coefficient (Wildman–Crippen LogP) is 8.26. The van der Waals surface area contributed by atoms with E-state index < -0.39 is 0 Å². The van der Waals surface area contributed by atoms with E-state index >= 15 is 0 Å². The van der Waals surface area contributed by atoms with E-state index in [0.717, 1.165) is 38.5 Å². The lowest BCUT2D eigenvalue weighted by molar-refractivity contribution is -0.145. The van der Waals surface area contributed by atoms with Crippen molar-refractivity contribution < 1.29 is 19.1 Å². The molecule has 0 rings (SSSR count). The van der Waals surface area contributed by atoms with Crippen molar-refractivity contribution in [3.63, 3.8) is 0 Å². The number of ether oxygens (including phenoxy) is 2. The minimum absolute atomic E-state index is 0.0134. The van der Waals surface area contributed by atoms with Gasteiger partial charge in [-0.15, -0.1) is 0 Å². The molecule has 0 spiro atoms. The predicted molar refractivity (Wildman–Crippen MR) is 135 cm³/mol. The van der Waals surface area contributed by atoms with Crippen molar-refractivity contribution in [2.24, 2.45) is 17.8 Å². The molecule has 0 radical (unpaired) electrons. The van der Waals surface area contributed by atoms with Gasteiger partial charge in [0.25, 0.3) is 0 Å². The van der Waals surface area contributed by atoms with Crippen LogP contribution >= 0.6 is 0 Å². The van der Waals surface area contributed by atoms with Crippen LogP contribution in [0.3, 0.4) is 0 Å².